The monoisotopic (exact) mass is 457 g/mol. The van der Waals surface area contributed by atoms with E-state index in [1.807, 2.05) is 12.1 Å². The Labute approximate surface area is 193 Å². The molecule has 1 fully saturated rings. The number of hydrogen-bond donors (Lipinski definition) is 3. The molecular formula is C25H31NO7. The maximum absolute atomic E-state index is 10.0. The number of ether oxygens (including phenoxy) is 2. The van der Waals surface area contributed by atoms with Crippen LogP contribution in [0.3, 0.4) is 0 Å². The van der Waals surface area contributed by atoms with E-state index in [0.29, 0.717) is 17.6 Å². The minimum Gasteiger partial charge on any atom is -0.504 e. The third kappa shape index (κ3) is 6.61. The Morgan fingerprint density at radius 1 is 1.06 bits per heavy atom. The van der Waals surface area contributed by atoms with Crippen LogP contribution in [0.4, 0.5) is 0 Å². The van der Waals surface area contributed by atoms with Gasteiger partial charge in [-0.25, -0.2) is 9.59 Å². The number of carboxylic acids is 2. The van der Waals surface area contributed by atoms with Gasteiger partial charge in [0.15, 0.2) is 11.5 Å². The minimum absolute atomic E-state index is 0.246. The Hall–Kier alpha value is -3.26. The highest BCUT2D eigenvalue weighted by molar-refractivity contribution is 6.27. The van der Waals surface area contributed by atoms with Gasteiger partial charge in [-0.05, 0) is 86.5 Å². The molecule has 4 rings (SSSR count). The van der Waals surface area contributed by atoms with Crippen molar-refractivity contribution in [3.05, 3.63) is 53.6 Å². The number of benzene rings is 2. The molecule has 2 aliphatic heterocycles. The van der Waals surface area contributed by atoms with Crippen molar-refractivity contribution in [1.82, 2.24) is 4.90 Å². The van der Waals surface area contributed by atoms with Crippen molar-refractivity contribution in [3.8, 4) is 17.2 Å². The lowest BCUT2D eigenvalue weighted by Gasteiger charge is -2.34. The Kier molecular flexibility index (Phi) is 8.54. The molecule has 2 aromatic rings. The van der Waals surface area contributed by atoms with Crippen molar-refractivity contribution in [2.45, 2.75) is 37.5 Å². The molecule has 3 N–H and O–H groups in total. The number of methoxy groups -OCH3 is 1. The van der Waals surface area contributed by atoms with E-state index in [-0.39, 0.29) is 5.75 Å². The maximum Gasteiger partial charge on any atom is 0.414 e. The highest BCUT2D eigenvalue weighted by atomic mass is 16.5. The first kappa shape index (κ1) is 24.4. The van der Waals surface area contributed by atoms with Crippen molar-refractivity contribution in [3.63, 3.8) is 0 Å². The van der Waals surface area contributed by atoms with Crippen molar-refractivity contribution in [1.29, 1.82) is 0 Å². The molecule has 1 saturated heterocycles. The summed E-state index contributed by atoms with van der Waals surface area (Å²) in [4.78, 5) is 20.8. The van der Waals surface area contributed by atoms with Crippen LogP contribution in [0.25, 0.3) is 0 Å². The lowest BCUT2D eigenvalue weighted by Crippen LogP contribution is -2.34. The summed E-state index contributed by atoms with van der Waals surface area (Å²) in [6.07, 6.45) is 4.62. The zero-order valence-electron chi connectivity index (χ0n) is 18.8. The number of aliphatic carboxylic acids is 2. The van der Waals surface area contributed by atoms with Crippen molar-refractivity contribution in [2.24, 2.45) is 0 Å². The molecule has 8 heteroatoms. The number of likely N-dealkylation sites (tertiary alicyclic amines) is 1. The van der Waals surface area contributed by atoms with Gasteiger partial charge in [0.2, 0.25) is 0 Å². The van der Waals surface area contributed by atoms with Gasteiger partial charge >= 0.3 is 11.9 Å². The number of nitrogens with zero attached hydrogens (tertiary/aromatic N) is 1. The molecule has 1 atom stereocenters. The molecular weight excluding hydrogens is 426 g/mol. The zero-order chi connectivity index (χ0) is 23.8. The van der Waals surface area contributed by atoms with Crippen LogP contribution in [-0.2, 0) is 9.59 Å². The number of aromatic hydroxyl groups is 1. The van der Waals surface area contributed by atoms with E-state index in [2.05, 4.69) is 35.2 Å². The van der Waals surface area contributed by atoms with E-state index in [1.54, 1.807) is 7.11 Å². The second-order valence-corrected chi connectivity index (χ2v) is 8.32. The van der Waals surface area contributed by atoms with Gasteiger partial charge in [0.05, 0.1) is 13.7 Å². The molecule has 0 amide bonds. The number of phenols is 1. The average molecular weight is 458 g/mol. The van der Waals surface area contributed by atoms with Crippen LogP contribution in [0.5, 0.6) is 17.2 Å². The van der Waals surface area contributed by atoms with Gasteiger partial charge in [-0.15, -0.1) is 0 Å². The number of piperidine rings is 1. The number of hydrogen-bond acceptors (Lipinski definition) is 6. The van der Waals surface area contributed by atoms with Crippen LogP contribution >= 0.6 is 0 Å². The van der Waals surface area contributed by atoms with E-state index in [9.17, 15) is 5.11 Å². The van der Waals surface area contributed by atoms with Crippen LogP contribution in [0.2, 0.25) is 0 Å². The Morgan fingerprint density at radius 3 is 2.39 bits per heavy atom. The quantitative estimate of drug-likeness (QED) is 0.582. The molecule has 0 aromatic heterocycles. The first-order valence-corrected chi connectivity index (χ1v) is 11.2. The summed E-state index contributed by atoms with van der Waals surface area (Å²) in [5.41, 5.74) is 2.61. The SMILES string of the molecule is COc1ccc(C2CCN(CCC3CCOc4ccccc43)CC2)cc1O.O=C(O)C(=O)O. The Balaban J connectivity index is 0.000000454. The first-order valence-electron chi connectivity index (χ1n) is 11.2. The minimum atomic E-state index is -1.82. The predicted octanol–water partition coefficient (Wildman–Crippen LogP) is 3.69. The molecule has 2 heterocycles. The second kappa shape index (κ2) is 11.6. The van der Waals surface area contributed by atoms with E-state index in [1.165, 1.54) is 17.5 Å². The summed E-state index contributed by atoms with van der Waals surface area (Å²) in [7, 11) is 1.59. The number of carbonyl (C=O) groups is 2. The Bertz CT molecular complexity index is 942. The fourth-order valence-electron chi connectivity index (χ4n) is 4.50. The molecule has 0 radical (unpaired) electrons. The van der Waals surface area contributed by atoms with Gasteiger partial charge in [-0.2, -0.15) is 0 Å². The largest absolute Gasteiger partial charge is 0.504 e. The standard InChI is InChI=1S/C23H29NO3.C2H2O4/c1-26-23-7-6-19(16-21(23)25)17-8-12-24(13-9-17)14-10-18-11-15-27-22-5-3-2-4-20(18)22;3-1(4)2(5)6/h2-7,16-18,25H,8-15H2,1H3;(H,3,4)(H,5,6). The topological polar surface area (TPSA) is 117 Å². The van der Waals surface area contributed by atoms with Gasteiger partial charge in [0, 0.05) is 0 Å². The van der Waals surface area contributed by atoms with Gasteiger partial charge in [0.25, 0.3) is 0 Å². The predicted molar refractivity (Wildman–Crippen MR) is 122 cm³/mol. The van der Waals surface area contributed by atoms with Crippen LogP contribution < -0.4 is 9.47 Å². The van der Waals surface area contributed by atoms with Gasteiger partial charge in [-0.1, -0.05) is 24.3 Å². The fraction of sp³-hybridized carbons (Fsp3) is 0.440. The number of fused-ring (bicyclic) bond motifs is 1. The van der Waals surface area contributed by atoms with Crippen LogP contribution in [0.15, 0.2) is 42.5 Å². The van der Waals surface area contributed by atoms with E-state index >= 15 is 0 Å². The number of para-hydroxylation sites is 1. The molecule has 33 heavy (non-hydrogen) atoms. The highest BCUT2D eigenvalue weighted by Crippen LogP contribution is 2.37. The summed E-state index contributed by atoms with van der Waals surface area (Å²) < 4.78 is 10.9. The molecule has 0 aliphatic carbocycles. The molecule has 0 spiro atoms. The summed E-state index contributed by atoms with van der Waals surface area (Å²) in [6, 6.07) is 14.3. The third-order valence-corrected chi connectivity index (χ3v) is 6.32. The zero-order valence-corrected chi connectivity index (χ0v) is 18.8. The summed E-state index contributed by atoms with van der Waals surface area (Å²) in [5, 5.41) is 24.8. The summed E-state index contributed by atoms with van der Waals surface area (Å²) in [6.45, 7) is 4.24. The summed E-state index contributed by atoms with van der Waals surface area (Å²) >= 11 is 0. The maximum atomic E-state index is 10.0. The van der Waals surface area contributed by atoms with E-state index in [4.69, 9.17) is 29.3 Å². The number of phenolic OH excluding ortho intramolecular Hbond substituents is 1. The number of carboxylic acid groups (broad SMARTS) is 2. The normalized spacial score (nSPS) is 18.3. The highest BCUT2D eigenvalue weighted by Gasteiger charge is 2.24. The third-order valence-electron chi connectivity index (χ3n) is 6.32. The molecule has 2 aromatic carbocycles. The van der Waals surface area contributed by atoms with Gasteiger partial charge in [0.1, 0.15) is 5.75 Å². The fourth-order valence-corrected chi connectivity index (χ4v) is 4.50. The van der Waals surface area contributed by atoms with Crippen molar-refractivity contribution >= 4 is 11.9 Å². The van der Waals surface area contributed by atoms with Crippen LogP contribution in [-0.4, -0.2) is 65.5 Å². The second-order valence-electron chi connectivity index (χ2n) is 8.32. The van der Waals surface area contributed by atoms with E-state index in [0.717, 1.165) is 51.3 Å². The summed E-state index contributed by atoms with van der Waals surface area (Å²) in [5.74, 6) is -0.631. The lowest BCUT2D eigenvalue weighted by atomic mass is 9.87. The first-order chi connectivity index (χ1) is 15.9. The van der Waals surface area contributed by atoms with Gasteiger partial charge in [-0.3, -0.25) is 0 Å². The molecule has 0 bridgehead atoms. The molecule has 178 valence electrons. The van der Waals surface area contributed by atoms with Crippen LogP contribution in [0, 0.1) is 0 Å². The smallest absolute Gasteiger partial charge is 0.414 e. The van der Waals surface area contributed by atoms with Crippen molar-refractivity contribution in [2.75, 3.05) is 33.4 Å². The molecule has 0 saturated carbocycles. The van der Waals surface area contributed by atoms with E-state index < -0.39 is 11.9 Å². The Morgan fingerprint density at radius 2 is 1.76 bits per heavy atom. The average Bonchev–Trinajstić information content (AvgIpc) is 2.83. The number of rotatable bonds is 5. The lowest BCUT2D eigenvalue weighted by molar-refractivity contribution is -0.159. The molecule has 1 unspecified atom stereocenters. The van der Waals surface area contributed by atoms with Crippen molar-refractivity contribution < 1.29 is 34.4 Å². The molecule has 8 nitrogen and oxygen atoms in total. The van der Waals surface area contributed by atoms with Crippen LogP contribution in [0.1, 0.15) is 48.6 Å². The molecule has 2 aliphatic rings. The van der Waals surface area contributed by atoms with Gasteiger partial charge < -0.3 is 29.7 Å².